The number of hydrogen-bond acceptors (Lipinski definition) is 4. The van der Waals surface area contributed by atoms with Gasteiger partial charge in [-0.05, 0) is 6.92 Å². The first-order valence-corrected chi connectivity index (χ1v) is 3.39. The van der Waals surface area contributed by atoms with Gasteiger partial charge in [-0.1, -0.05) is 0 Å². The maximum atomic E-state index is 8.55. The van der Waals surface area contributed by atoms with Gasteiger partial charge in [-0.2, -0.15) is 10.2 Å². The quantitative estimate of drug-likeness (QED) is 0.608. The molecule has 12 heavy (non-hydrogen) atoms. The first kappa shape index (κ1) is 6.73. The fraction of sp³-hybridized carbons (Fsp3) is 0.143. The SMILES string of the molecule is Cc1nc(C#N)nc2nc[nH]c12. The molecule has 0 atom stereocenters. The van der Waals surface area contributed by atoms with Crippen molar-refractivity contribution in [1.82, 2.24) is 19.9 Å². The summed E-state index contributed by atoms with van der Waals surface area (Å²) in [6.07, 6.45) is 1.54. The number of aryl methyl sites for hydroxylation is 1. The van der Waals surface area contributed by atoms with E-state index in [-0.39, 0.29) is 5.82 Å². The maximum absolute atomic E-state index is 8.55. The maximum Gasteiger partial charge on any atom is 0.234 e. The number of aromatic amines is 1. The van der Waals surface area contributed by atoms with Crippen molar-refractivity contribution in [3.8, 4) is 6.07 Å². The van der Waals surface area contributed by atoms with Gasteiger partial charge in [0, 0.05) is 0 Å². The summed E-state index contributed by atoms with van der Waals surface area (Å²) >= 11 is 0. The Morgan fingerprint density at radius 3 is 3.08 bits per heavy atom. The minimum Gasteiger partial charge on any atom is -0.342 e. The van der Waals surface area contributed by atoms with Gasteiger partial charge in [0.2, 0.25) is 5.82 Å². The highest BCUT2D eigenvalue weighted by Gasteiger charge is 2.04. The molecule has 2 heterocycles. The minimum atomic E-state index is 0.159. The number of nitrogens with zero attached hydrogens (tertiary/aromatic N) is 4. The average molecular weight is 159 g/mol. The van der Waals surface area contributed by atoms with Crippen molar-refractivity contribution in [3.05, 3.63) is 17.8 Å². The van der Waals surface area contributed by atoms with Crippen molar-refractivity contribution in [3.63, 3.8) is 0 Å². The Morgan fingerprint density at radius 2 is 2.33 bits per heavy atom. The molecule has 1 N–H and O–H groups in total. The fourth-order valence-corrected chi connectivity index (χ4v) is 1.03. The Labute approximate surface area is 68.1 Å². The number of fused-ring (bicyclic) bond motifs is 1. The van der Waals surface area contributed by atoms with E-state index in [0.717, 1.165) is 11.2 Å². The molecule has 0 fully saturated rings. The van der Waals surface area contributed by atoms with Gasteiger partial charge in [0.25, 0.3) is 0 Å². The van der Waals surface area contributed by atoms with Gasteiger partial charge in [-0.15, -0.1) is 0 Å². The van der Waals surface area contributed by atoms with E-state index in [9.17, 15) is 0 Å². The summed E-state index contributed by atoms with van der Waals surface area (Å²) in [5.41, 5.74) is 2.07. The van der Waals surface area contributed by atoms with Crippen LogP contribution in [0.5, 0.6) is 0 Å². The van der Waals surface area contributed by atoms with E-state index in [2.05, 4.69) is 19.9 Å². The monoisotopic (exact) mass is 159 g/mol. The third-order valence-corrected chi connectivity index (χ3v) is 1.57. The lowest BCUT2D eigenvalue weighted by Crippen LogP contribution is -1.93. The first-order chi connectivity index (χ1) is 5.81. The molecular formula is C7H5N5. The molecule has 0 bridgehead atoms. The molecule has 0 saturated carbocycles. The highest BCUT2D eigenvalue weighted by molar-refractivity contribution is 5.72. The van der Waals surface area contributed by atoms with Crippen LogP contribution in [0.1, 0.15) is 11.5 Å². The predicted molar refractivity (Wildman–Crippen MR) is 41.1 cm³/mol. The molecule has 5 heteroatoms. The zero-order valence-electron chi connectivity index (χ0n) is 6.37. The minimum absolute atomic E-state index is 0.159. The third-order valence-electron chi connectivity index (χ3n) is 1.57. The number of aromatic nitrogens is 4. The van der Waals surface area contributed by atoms with Crippen LogP contribution in [-0.2, 0) is 0 Å². The molecule has 0 aromatic carbocycles. The summed E-state index contributed by atoms with van der Waals surface area (Å²) in [4.78, 5) is 14.7. The largest absolute Gasteiger partial charge is 0.342 e. The van der Waals surface area contributed by atoms with Crippen LogP contribution in [-0.4, -0.2) is 19.9 Å². The summed E-state index contributed by atoms with van der Waals surface area (Å²) < 4.78 is 0. The molecule has 58 valence electrons. The molecule has 2 aromatic rings. The summed E-state index contributed by atoms with van der Waals surface area (Å²) in [6.45, 7) is 1.81. The smallest absolute Gasteiger partial charge is 0.234 e. The van der Waals surface area contributed by atoms with Gasteiger partial charge in [-0.25, -0.2) is 9.97 Å². The Kier molecular flexibility index (Phi) is 1.27. The van der Waals surface area contributed by atoms with Crippen LogP contribution in [0.15, 0.2) is 6.33 Å². The molecule has 0 aliphatic rings. The van der Waals surface area contributed by atoms with E-state index in [0.29, 0.717) is 5.65 Å². The van der Waals surface area contributed by atoms with Gasteiger partial charge in [0.05, 0.1) is 12.0 Å². The van der Waals surface area contributed by atoms with Crippen LogP contribution in [0, 0.1) is 18.3 Å². The van der Waals surface area contributed by atoms with Crippen molar-refractivity contribution in [2.75, 3.05) is 0 Å². The number of H-pyrrole nitrogens is 1. The average Bonchev–Trinajstić information content (AvgIpc) is 2.52. The lowest BCUT2D eigenvalue weighted by molar-refractivity contribution is 1.09. The van der Waals surface area contributed by atoms with Gasteiger partial charge in [0.15, 0.2) is 5.65 Å². The van der Waals surface area contributed by atoms with E-state index >= 15 is 0 Å². The molecule has 0 aliphatic carbocycles. The second-order valence-corrected chi connectivity index (χ2v) is 2.35. The van der Waals surface area contributed by atoms with Crippen molar-refractivity contribution < 1.29 is 0 Å². The Hall–Kier alpha value is -1.96. The van der Waals surface area contributed by atoms with Crippen LogP contribution >= 0.6 is 0 Å². The Balaban J connectivity index is 2.86. The molecule has 0 radical (unpaired) electrons. The Bertz CT molecular complexity index is 464. The zero-order chi connectivity index (χ0) is 8.55. The van der Waals surface area contributed by atoms with E-state index in [1.54, 1.807) is 0 Å². The molecular weight excluding hydrogens is 154 g/mol. The predicted octanol–water partition coefficient (Wildman–Crippen LogP) is 0.533. The summed E-state index contributed by atoms with van der Waals surface area (Å²) in [6, 6.07) is 1.87. The van der Waals surface area contributed by atoms with E-state index in [1.165, 1.54) is 6.33 Å². The molecule has 0 saturated heterocycles. The highest BCUT2D eigenvalue weighted by Crippen LogP contribution is 2.08. The van der Waals surface area contributed by atoms with Crippen LogP contribution < -0.4 is 0 Å². The number of rotatable bonds is 0. The molecule has 2 aromatic heterocycles. The van der Waals surface area contributed by atoms with Crippen LogP contribution in [0.2, 0.25) is 0 Å². The second kappa shape index (κ2) is 2.27. The van der Waals surface area contributed by atoms with Gasteiger partial charge >= 0.3 is 0 Å². The standard InChI is InChI=1S/C7H5N5/c1-4-6-7(10-3-9-6)12-5(2-8)11-4/h3H,1H3,(H,9,10,11,12). The second-order valence-electron chi connectivity index (χ2n) is 2.35. The van der Waals surface area contributed by atoms with Crippen molar-refractivity contribution in [2.45, 2.75) is 6.92 Å². The number of imidazole rings is 1. The van der Waals surface area contributed by atoms with Gasteiger partial charge in [0.1, 0.15) is 11.6 Å². The molecule has 0 aliphatic heterocycles. The summed E-state index contributed by atoms with van der Waals surface area (Å²) in [7, 11) is 0. The van der Waals surface area contributed by atoms with Crippen molar-refractivity contribution >= 4 is 11.2 Å². The lowest BCUT2D eigenvalue weighted by Gasteiger charge is -1.92. The zero-order valence-corrected chi connectivity index (χ0v) is 6.37. The first-order valence-electron chi connectivity index (χ1n) is 3.39. The number of nitriles is 1. The number of hydrogen-bond donors (Lipinski definition) is 1. The molecule has 2 rings (SSSR count). The topological polar surface area (TPSA) is 78.2 Å². The fourth-order valence-electron chi connectivity index (χ4n) is 1.03. The third kappa shape index (κ3) is 0.820. The number of nitrogens with one attached hydrogen (secondary N) is 1. The van der Waals surface area contributed by atoms with E-state index in [4.69, 9.17) is 5.26 Å². The molecule has 0 amide bonds. The van der Waals surface area contributed by atoms with Gasteiger partial charge in [-0.3, -0.25) is 0 Å². The molecule has 0 unspecified atom stereocenters. The normalized spacial score (nSPS) is 10.0. The van der Waals surface area contributed by atoms with Crippen LogP contribution in [0.4, 0.5) is 0 Å². The Morgan fingerprint density at radius 1 is 1.50 bits per heavy atom. The molecule has 0 spiro atoms. The molecule has 5 nitrogen and oxygen atoms in total. The van der Waals surface area contributed by atoms with E-state index in [1.807, 2.05) is 13.0 Å². The summed E-state index contributed by atoms with van der Waals surface area (Å²) in [5, 5.41) is 8.55. The van der Waals surface area contributed by atoms with Crippen LogP contribution in [0.3, 0.4) is 0 Å². The van der Waals surface area contributed by atoms with E-state index < -0.39 is 0 Å². The van der Waals surface area contributed by atoms with Crippen molar-refractivity contribution in [2.24, 2.45) is 0 Å². The van der Waals surface area contributed by atoms with Crippen LogP contribution in [0.25, 0.3) is 11.2 Å². The highest BCUT2D eigenvalue weighted by atomic mass is 15.0. The van der Waals surface area contributed by atoms with Crippen molar-refractivity contribution in [1.29, 1.82) is 5.26 Å². The van der Waals surface area contributed by atoms with Gasteiger partial charge < -0.3 is 4.98 Å². The summed E-state index contributed by atoms with van der Waals surface area (Å²) in [5.74, 6) is 0.159. The lowest BCUT2D eigenvalue weighted by atomic mass is 10.4.